The summed E-state index contributed by atoms with van der Waals surface area (Å²) in [7, 11) is 0. The van der Waals surface area contributed by atoms with E-state index in [9.17, 15) is 4.79 Å². The van der Waals surface area contributed by atoms with E-state index in [1.165, 1.54) is 23.9 Å². The monoisotopic (exact) mass is 272 g/mol. The van der Waals surface area contributed by atoms with Crippen LogP contribution in [0.5, 0.6) is 0 Å². The Hall–Kier alpha value is -2.14. The third kappa shape index (κ3) is 2.13. The number of aromatic nitrogens is 1. The van der Waals surface area contributed by atoms with Crippen molar-refractivity contribution >= 4 is 32.6 Å². The van der Waals surface area contributed by atoms with E-state index >= 15 is 0 Å². The maximum Gasteiger partial charge on any atom is 0.263 e. The summed E-state index contributed by atoms with van der Waals surface area (Å²) in [6.45, 7) is 2.51. The van der Waals surface area contributed by atoms with Gasteiger partial charge >= 0.3 is 0 Å². The number of thiazole rings is 1. The predicted octanol–water partition coefficient (Wildman–Crippen LogP) is 3.56. The number of furan rings is 1. The molecule has 0 N–H and O–H groups in total. The van der Waals surface area contributed by atoms with Crippen LogP contribution in [0.25, 0.3) is 10.2 Å². The standard InChI is InChI=1S/C14H12N2O2S/c1-2-16(13(17)10-7-8-18-9-10)14-15-11-5-3-4-6-12(11)19-14/h3-9H,2H2,1H3. The van der Waals surface area contributed by atoms with E-state index in [0.29, 0.717) is 12.1 Å². The molecule has 0 unspecified atom stereocenters. The van der Waals surface area contributed by atoms with E-state index in [1.54, 1.807) is 11.0 Å². The molecule has 0 aliphatic heterocycles. The zero-order valence-electron chi connectivity index (χ0n) is 10.4. The third-order valence-electron chi connectivity index (χ3n) is 2.84. The zero-order valence-corrected chi connectivity index (χ0v) is 11.2. The molecular formula is C14H12N2O2S. The Bertz CT molecular complexity index is 670. The summed E-state index contributed by atoms with van der Waals surface area (Å²) in [5.74, 6) is -0.0877. The molecule has 4 nitrogen and oxygen atoms in total. The van der Waals surface area contributed by atoms with Crippen molar-refractivity contribution in [3.8, 4) is 0 Å². The van der Waals surface area contributed by atoms with Gasteiger partial charge < -0.3 is 4.42 Å². The van der Waals surface area contributed by atoms with Crippen molar-refractivity contribution in [2.75, 3.05) is 11.4 Å². The van der Waals surface area contributed by atoms with Gasteiger partial charge in [0.2, 0.25) is 0 Å². The fourth-order valence-corrected chi connectivity index (χ4v) is 2.91. The molecule has 5 heteroatoms. The molecule has 2 heterocycles. The summed E-state index contributed by atoms with van der Waals surface area (Å²) < 4.78 is 6.04. The quantitative estimate of drug-likeness (QED) is 0.732. The molecule has 3 aromatic rings. The summed E-state index contributed by atoms with van der Waals surface area (Å²) in [5, 5.41) is 0.718. The van der Waals surface area contributed by atoms with E-state index in [-0.39, 0.29) is 5.91 Å². The molecule has 0 saturated heterocycles. The summed E-state index contributed by atoms with van der Waals surface area (Å²) >= 11 is 1.52. The van der Waals surface area contributed by atoms with Gasteiger partial charge in [0, 0.05) is 6.54 Å². The van der Waals surface area contributed by atoms with Crippen molar-refractivity contribution in [3.63, 3.8) is 0 Å². The number of benzene rings is 1. The minimum atomic E-state index is -0.0877. The van der Waals surface area contributed by atoms with Crippen LogP contribution in [0.3, 0.4) is 0 Å². The topological polar surface area (TPSA) is 46.3 Å². The molecule has 0 spiro atoms. The SMILES string of the molecule is CCN(C(=O)c1ccoc1)c1nc2ccccc2s1. The number of rotatable bonds is 3. The average molecular weight is 272 g/mol. The van der Waals surface area contributed by atoms with Crippen molar-refractivity contribution in [2.24, 2.45) is 0 Å². The second kappa shape index (κ2) is 4.85. The Morgan fingerprint density at radius 2 is 2.21 bits per heavy atom. The van der Waals surface area contributed by atoms with E-state index in [4.69, 9.17) is 4.42 Å². The van der Waals surface area contributed by atoms with Crippen LogP contribution in [-0.4, -0.2) is 17.4 Å². The van der Waals surface area contributed by atoms with Gasteiger partial charge in [-0.25, -0.2) is 4.98 Å². The lowest BCUT2D eigenvalue weighted by Crippen LogP contribution is -2.30. The normalized spacial score (nSPS) is 10.8. The summed E-state index contributed by atoms with van der Waals surface area (Å²) in [4.78, 5) is 18.5. The molecule has 0 fully saturated rings. The van der Waals surface area contributed by atoms with Gasteiger partial charge in [-0.2, -0.15) is 0 Å². The molecule has 1 amide bonds. The third-order valence-corrected chi connectivity index (χ3v) is 3.90. The first-order valence-electron chi connectivity index (χ1n) is 5.99. The molecule has 3 rings (SSSR count). The number of hydrogen-bond acceptors (Lipinski definition) is 4. The van der Waals surface area contributed by atoms with Gasteiger partial charge in [-0.3, -0.25) is 9.69 Å². The Balaban J connectivity index is 2.00. The van der Waals surface area contributed by atoms with Crippen LogP contribution in [0, 0.1) is 0 Å². The van der Waals surface area contributed by atoms with Crippen molar-refractivity contribution < 1.29 is 9.21 Å². The second-order valence-corrected chi connectivity index (χ2v) is 5.03. The molecule has 1 aromatic carbocycles. The number of carbonyl (C=O) groups is 1. The van der Waals surface area contributed by atoms with Crippen LogP contribution in [0.4, 0.5) is 5.13 Å². The van der Waals surface area contributed by atoms with Gasteiger partial charge in [-0.05, 0) is 25.1 Å². The van der Waals surface area contributed by atoms with E-state index in [2.05, 4.69) is 4.98 Å². The minimum absolute atomic E-state index is 0.0877. The molecule has 19 heavy (non-hydrogen) atoms. The number of anilines is 1. The number of carbonyl (C=O) groups excluding carboxylic acids is 1. The van der Waals surface area contributed by atoms with E-state index in [0.717, 1.165) is 15.3 Å². The molecule has 0 saturated carbocycles. The highest BCUT2D eigenvalue weighted by atomic mass is 32.1. The number of hydrogen-bond donors (Lipinski definition) is 0. The fourth-order valence-electron chi connectivity index (χ4n) is 1.88. The van der Waals surface area contributed by atoms with Crippen molar-refractivity contribution in [1.29, 1.82) is 0 Å². The number of para-hydroxylation sites is 1. The van der Waals surface area contributed by atoms with Crippen molar-refractivity contribution in [2.45, 2.75) is 6.92 Å². The van der Waals surface area contributed by atoms with Crippen LogP contribution in [0.15, 0.2) is 47.3 Å². The number of fused-ring (bicyclic) bond motifs is 1. The molecular weight excluding hydrogens is 260 g/mol. The molecule has 0 aliphatic carbocycles. The van der Waals surface area contributed by atoms with Crippen LogP contribution >= 0.6 is 11.3 Å². The Morgan fingerprint density at radius 3 is 2.89 bits per heavy atom. The first-order valence-corrected chi connectivity index (χ1v) is 6.81. The molecule has 96 valence electrons. The Kier molecular flexibility index (Phi) is 3.05. The predicted molar refractivity (Wildman–Crippen MR) is 75.7 cm³/mol. The smallest absolute Gasteiger partial charge is 0.263 e. The van der Waals surface area contributed by atoms with Crippen LogP contribution in [0.1, 0.15) is 17.3 Å². The first-order chi connectivity index (χ1) is 9.29. The van der Waals surface area contributed by atoms with Crippen molar-refractivity contribution in [3.05, 3.63) is 48.4 Å². The van der Waals surface area contributed by atoms with Gasteiger partial charge in [-0.1, -0.05) is 23.5 Å². The number of nitrogens with zero attached hydrogens (tertiary/aromatic N) is 2. The van der Waals surface area contributed by atoms with Gasteiger partial charge in [0.25, 0.3) is 5.91 Å². The number of amides is 1. The summed E-state index contributed by atoms with van der Waals surface area (Å²) in [6.07, 6.45) is 2.96. The summed E-state index contributed by atoms with van der Waals surface area (Å²) in [6, 6.07) is 9.54. The highest BCUT2D eigenvalue weighted by Crippen LogP contribution is 2.29. The van der Waals surface area contributed by atoms with Crippen LogP contribution < -0.4 is 4.90 Å². The molecule has 0 aliphatic rings. The molecule has 0 atom stereocenters. The lowest BCUT2D eigenvalue weighted by Gasteiger charge is -2.16. The Morgan fingerprint density at radius 1 is 1.37 bits per heavy atom. The largest absolute Gasteiger partial charge is 0.472 e. The van der Waals surface area contributed by atoms with Gasteiger partial charge in [0.1, 0.15) is 6.26 Å². The fraction of sp³-hybridized carbons (Fsp3) is 0.143. The highest BCUT2D eigenvalue weighted by Gasteiger charge is 2.20. The van der Waals surface area contributed by atoms with Gasteiger partial charge in [0.15, 0.2) is 5.13 Å². The highest BCUT2D eigenvalue weighted by molar-refractivity contribution is 7.22. The summed E-state index contributed by atoms with van der Waals surface area (Å²) in [5.41, 5.74) is 1.46. The van der Waals surface area contributed by atoms with E-state index < -0.39 is 0 Å². The van der Waals surface area contributed by atoms with Crippen molar-refractivity contribution in [1.82, 2.24) is 4.98 Å². The maximum absolute atomic E-state index is 12.3. The molecule has 0 bridgehead atoms. The zero-order chi connectivity index (χ0) is 13.2. The first kappa shape index (κ1) is 11.9. The van der Waals surface area contributed by atoms with Crippen LogP contribution in [0.2, 0.25) is 0 Å². The molecule has 2 aromatic heterocycles. The van der Waals surface area contributed by atoms with Gasteiger partial charge in [-0.15, -0.1) is 0 Å². The Labute approximate surface area is 114 Å². The second-order valence-electron chi connectivity index (χ2n) is 4.03. The lowest BCUT2D eigenvalue weighted by molar-refractivity contribution is 0.0987. The van der Waals surface area contributed by atoms with Gasteiger partial charge in [0.05, 0.1) is 22.0 Å². The lowest BCUT2D eigenvalue weighted by atomic mass is 10.3. The molecule has 0 radical (unpaired) electrons. The van der Waals surface area contributed by atoms with E-state index in [1.807, 2.05) is 31.2 Å². The minimum Gasteiger partial charge on any atom is -0.472 e. The maximum atomic E-state index is 12.3. The average Bonchev–Trinajstić information content (AvgIpc) is 3.08. The van der Waals surface area contributed by atoms with Crippen LogP contribution in [-0.2, 0) is 0 Å².